The van der Waals surface area contributed by atoms with Gasteiger partial charge in [-0.05, 0) is 67.4 Å². The van der Waals surface area contributed by atoms with Gasteiger partial charge in [-0.15, -0.1) is 0 Å². The molecule has 1 atom stereocenters. The van der Waals surface area contributed by atoms with Crippen molar-refractivity contribution in [2.75, 3.05) is 26.7 Å². The highest BCUT2D eigenvalue weighted by molar-refractivity contribution is 5.80. The van der Waals surface area contributed by atoms with Gasteiger partial charge in [0.05, 0.1) is 6.20 Å². The molecule has 0 bridgehead atoms. The van der Waals surface area contributed by atoms with Gasteiger partial charge in [-0.1, -0.05) is 30.3 Å². The first-order chi connectivity index (χ1) is 14.2. The zero-order valence-corrected chi connectivity index (χ0v) is 17.9. The fourth-order valence-corrected chi connectivity index (χ4v) is 5.10. The average molecular weight is 394 g/mol. The van der Waals surface area contributed by atoms with E-state index < -0.39 is 0 Å². The second-order valence-corrected chi connectivity index (χ2v) is 8.88. The Balaban J connectivity index is 1.21. The minimum Gasteiger partial charge on any atom is -0.356 e. The van der Waals surface area contributed by atoms with Crippen LogP contribution in [0.1, 0.15) is 49.1 Å². The van der Waals surface area contributed by atoms with Gasteiger partial charge < -0.3 is 10.2 Å². The molecule has 1 aliphatic carbocycles. The van der Waals surface area contributed by atoms with Gasteiger partial charge in [0.1, 0.15) is 0 Å². The van der Waals surface area contributed by atoms with Gasteiger partial charge >= 0.3 is 0 Å². The summed E-state index contributed by atoms with van der Waals surface area (Å²) < 4.78 is 1.90. The minimum absolute atomic E-state index is 0.694. The molecule has 2 heterocycles. The van der Waals surface area contributed by atoms with Crippen molar-refractivity contribution in [1.82, 2.24) is 20.0 Å². The molecule has 156 valence electrons. The number of guanidine groups is 1. The van der Waals surface area contributed by atoms with Crippen LogP contribution in [0.4, 0.5) is 0 Å². The Morgan fingerprint density at radius 3 is 2.59 bits per heavy atom. The Bertz CT molecular complexity index is 789. The summed E-state index contributed by atoms with van der Waals surface area (Å²) in [5, 5.41) is 7.99. The number of aryl methyl sites for hydroxylation is 1. The molecule has 0 spiro atoms. The fourth-order valence-electron chi connectivity index (χ4n) is 5.10. The summed E-state index contributed by atoms with van der Waals surface area (Å²) in [5.41, 5.74) is 2.86. The highest BCUT2D eigenvalue weighted by atomic mass is 15.3. The van der Waals surface area contributed by atoms with E-state index in [0.29, 0.717) is 5.92 Å². The summed E-state index contributed by atoms with van der Waals surface area (Å²) in [6, 6.07) is 11.0. The molecule has 0 radical (unpaired) electrons. The van der Waals surface area contributed by atoms with Gasteiger partial charge in [-0.2, -0.15) is 5.10 Å². The van der Waals surface area contributed by atoms with Crippen LogP contribution in [-0.2, 0) is 13.5 Å². The van der Waals surface area contributed by atoms with E-state index >= 15 is 0 Å². The third-order valence-electron chi connectivity index (χ3n) is 6.75. The second kappa shape index (κ2) is 9.47. The van der Waals surface area contributed by atoms with Gasteiger partial charge in [0.25, 0.3) is 0 Å². The van der Waals surface area contributed by atoms with E-state index in [-0.39, 0.29) is 0 Å². The fraction of sp³-hybridized carbons (Fsp3) is 0.583. The van der Waals surface area contributed by atoms with Crippen LogP contribution in [0.25, 0.3) is 0 Å². The maximum Gasteiger partial charge on any atom is 0.193 e. The van der Waals surface area contributed by atoms with Crippen molar-refractivity contribution in [3.63, 3.8) is 0 Å². The number of benzene rings is 1. The quantitative estimate of drug-likeness (QED) is 0.620. The van der Waals surface area contributed by atoms with E-state index in [1.165, 1.54) is 43.2 Å². The summed E-state index contributed by atoms with van der Waals surface area (Å²) >= 11 is 0. The van der Waals surface area contributed by atoms with Gasteiger partial charge in [0, 0.05) is 39.9 Å². The Morgan fingerprint density at radius 1 is 1.10 bits per heavy atom. The van der Waals surface area contributed by atoms with Crippen LogP contribution >= 0.6 is 0 Å². The van der Waals surface area contributed by atoms with Gasteiger partial charge in [-0.25, -0.2) is 0 Å². The number of aromatic nitrogens is 2. The lowest BCUT2D eigenvalue weighted by molar-refractivity contribution is 0.321. The normalized spacial score (nSPS) is 25.4. The number of likely N-dealkylation sites (tertiary alicyclic amines) is 1. The molecule has 1 aromatic carbocycles. The first-order valence-electron chi connectivity index (χ1n) is 11.2. The molecular formula is C24H35N5. The molecular weight excluding hydrogens is 358 g/mol. The molecule has 0 amide bonds. The Labute approximate surface area is 175 Å². The highest BCUT2D eigenvalue weighted by Crippen LogP contribution is 2.35. The van der Waals surface area contributed by atoms with E-state index in [1.54, 1.807) is 0 Å². The predicted octanol–water partition coefficient (Wildman–Crippen LogP) is 3.83. The first-order valence-corrected chi connectivity index (χ1v) is 11.2. The Kier molecular flexibility index (Phi) is 6.53. The molecule has 29 heavy (non-hydrogen) atoms. The molecule has 2 fully saturated rings. The zero-order chi connectivity index (χ0) is 20.1. The molecule has 1 saturated carbocycles. The van der Waals surface area contributed by atoms with E-state index in [0.717, 1.165) is 43.9 Å². The van der Waals surface area contributed by atoms with Crippen LogP contribution in [-0.4, -0.2) is 47.3 Å². The summed E-state index contributed by atoms with van der Waals surface area (Å²) in [5.74, 6) is 3.29. The summed E-state index contributed by atoms with van der Waals surface area (Å²) in [4.78, 5) is 7.02. The lowest BCUT2D eigenvalue weighted by atomic mass is 9.79. The van der Waals surface area contributed by atoms with Crippen molar-refractivity contribution in [3.8, 4) is 0 Å². The molecule has 2 aliphatic rings. The van der Waals surface area contributed by atoms with Gasteiger partial charge in [0.2, 0.25) is 0 Å². The molecule has 5 nitrogen and oxygen atoms in total. The zero-order valence-electron chi connectivity index (χ0n) is 17.9. The number of nitrogens with zero attached hydrogens (tertiary/aromatic N) is 4. The molecule has 5 heteroatoms. The van der Waals surface area contributed by atoms with E-state index in [9.17, 15) is 0 Å². The lowest BCUT2D eigenvalue weighted by Crippen LogP contribution is -2.42. The van der Waals surface area contributed by atoms with Crippen molar-refractivity contribution in [2.45, 2.75) is 44.4 Å². The van der Waals surface area contributed by atoms with Crippen molar-refractivity contribution in [1.29, 1.82) is 0 Å². The van der Waals surface area contributed by atoms with Gasteiger partial charge in [-0.3, -0.25) is 9.67 Å². The number of hydrogen-bond acceptors (Lipinski definition) is 2. The van der Waals surface area contributed by atoms with Crippen molar-refractivity contribution in [3.05, 3.63) is 53.9 Å². The summed E-state index contributed by atoms with van der Waals surface area (Å²) in [7, 11) is 3.91. The van der Waals surface area contributed by atoms with Crippen LogP contribution in [0.2, 0.25) is 0 Å². The highest BCUT2D eigenvalue weighted by Gasteiger charge is 2.27. The van der Waals surface area contributed by atoms with Crippen molar-refractivity contribution < 1.29 is 0 Å². The van der Waals surface area contributed by atoms with Crippen LogP contribution in [0.15, 0.2) is 47.7 Å². The minimum atomic E-state index is 0.694. The Hall–Kier alpha value is -2.30. The van der Waals surface area contributed by atoms with Crippen molar-refractivity contribution >= 4 is 5.96 Å². The number of rotatable bonds is 5. The predicted molar refractivity (Wildman–Crippen MR) is 119 cm³/mol. The van der Waals surface area contributed by atoms with Gasteiger partial charge in [0.15, 0.2) is 5.96 Å². The van der Waals surface area contributed by atoms with E-state index in [4.69, 9.17) is 0 Å². The number of aliphatic imine (C=N–C) groups is 1. The standard InChI is InChI=1S/C24H35N5/c1-25-24(29-13-12-20(18-29)14-21-16-27-28(2)17-21)26-15-19-8-10-23(11-9-19)22-6-4-3-5-7-22/h3-7,16-17,19-20,23H,8-15,18H2,1-2H3,(H,25,26). The van der Waals surface area contributed by atoms with Crippen LogP contribution in [0.5, 0.6) is 0 Å². The van der Waals surface area contributed by atoms with E-state index in [1.807, 2.05) is 25.0 Å². The second-order valence-electron chi connectivity index (χ2n) is 8.88. The van der Waals surface area contributed by atoms with Crippen LogP contribution in [0.3, 0.4) is 0 Å². The third kappa shape index (κ3) is 5.20. The Morgan fingerprint density at radius 2 is 1.90 bits per heavy atom. The molecule has 1 aromatic heterocycles. The van der Waals surface area contributed by atoms with Crippen molar-refractivity contribution in [2.24, 2.45) is 23.9 Å². The van der Waals surface area contributed by atoms with Crippen LogP contribution in [0, 0.1) is 11.8 Å². The first kappa shape index (κ1) is 20.0. The molecule has 1 saturated heterocycles. The molecule has 1 aliphatic heterocycles. The lowest BCUT2D eigenvalue weighted by Gasteiger charge is -2.30. The molecule has 2 aromatic rings. The topological polar surface area (TPSA) is 45.5 Å². The maximum absolute atomic E-state index is 4.58. The average Bonchev–Trinajstić information content (AvgIpc) is 3.39. The molecule has 1 N–H and O–H groups in total. The number of nitrogens with one attached hydrogen (secondary N) is 1. The summed E-state index contributed by atoms with van der Waals surface area (Å²) in [6.45, 7) is 3.25. The van der Waals surface area contributed by atoms with Crippen LogP contribution < -0.4 is 5.32 Å². The smallest absolute Gasteiger partial charge is 0.193 e. The third-order valence-corrected chi connectivity index (χ3v) is 6.75. The molecule has 1 unspecified atom stereocenters. The van der Waals surface area contributed by atoms with E-state index in [2.05, 4.69) is 56.8 Å². The molecule has 4 rings (SSSR count). The number of hydrogen-bond donors (Lipinski definition) is 1. The SMILES string of the molecule is CN=C(NCC1CCC(c2ccccc2)CC1)N1CCC(Cc2cnn(C)c2)C1. The maximum atomic E-state index is 4.58. The monoisotopic (exact) mass is 393 g/mol. The summed E-state index contributed by atoms with van der Waals surface area (Å²) in [6.07, 6.45) is 11.7. The largest absolute Gasteiger partial charge is 0.356 e.